The molecule has 0 bridgehead atoms. The van der Waals surface area contributed by atoms with Gasteiger partial charge in [-0.25, -0.2) is 0 Å². The van der Waals surface area contributed by atoms with Crippen molar-refractivity contribution >= 4 is 17.3 Å². The molecule has 0 saturated heterocycles. The quantitative estimate of drug-likeness (QED) is 0.363. The van der Waals surface area contributed by atoms with Crippen molar-refractivity contribution in [1.29, 1.82) is 0 Å². The molecule has 0 fully saturated rings. The van der Waals surface area contributed by atoms with E-state index in [1.165, 1.54) is 35.3 Å². The lowest BCUT2D eigenvalue weighted by molar-refractivity contribution is -0.385. The van der Waals surface area contributed by atoms with Crippen molar-refractivity contribution in [3.8, 4) is 0 Å². The van der Waals surface area contributed by atoms with Crippen LogP contribution >= 0.6 is 0 Å². The SMILES string of the molecule is Cc1ccc(C(=O)CC(=O)c2cnn(C)c2)cc1[N+](=O)[O-]. The minimum Gasteiger partial charge on any atom is -0.294 e. The van der Waals surface area contributed by atoms with Crippen LogP contribution in [0.4, 0.5) is 5.69 Å². The highest BCUT2D eigenvalue weighted by Gasteiger charge is 2.18. The Hall–Kier alpha value is -2.83. The van der Waals surface area contributed by atoms with E-state index in [1.54, 1.807) is 14.0 Å². The molecule has 1 heterocycles. The Balaban J connectivity index is 2.19. The van der Waals surface area contributed by atoms with E-state index in [4.69, 9.17) is 0 Å². The fourth-order valence-electron chi connectivity index (χ4n) is 1.89. The van der Waals surface area contributed by atoms with E-state index in [0.29, 0.717) is 11.1 Å². The monoisotopic (exact) mass is 287 g/mol. The summed E-state index contributed by atoms with van der Waals surface area (Å²) >= 11 is 0. The molecule has 0 aliphatic rings. The summed E-state index contributed by atoms with van der Waals surface area (Å²) in [7, 11) is 1.67. The van der Waals surface area contributed by atoms with Crippen molar-refractivity contribution in [3.05, 3.63) is 57.4 Å². The van der Waals surface area contributed by atoms with Gasteiger partial charge in [-0.2, -0.15) is 5.10 Å². The van der Waals surface area contributed by atoms with Crippen LogP contribution in [0.5, 0.6) is 0 Å². The molecule has 1 aromatic carbocycles. The summed E-state index contributed by atoms with van der Waals surface area (Å²) in [6.45, 7) is 1.59. The normalized spacial score (nSPS) is 10.4. The summed E-state index contributed by atoms with van der Waals surface area (Å²) in [6.07, 6.45) is 2.56. The van der Waals surface area contributed by atoms with Crippen molar-refractivity contribution in [2.24, 2.45) is 7.05 Å². The van der Waals surface area contributed by atoms with Crippen LogP contribution in [0.25, 0.3) is 0 Å². The van der Waals surface area contributed by atoms with E-state index in [2.05, 4.69) is 5.10 Å². The van der Waals surface area contributed by atoms with E-state index in [-0.39, 0.29) is 23.5 Å². The first-order valence-corrected chi connectivity index (χ1v) is 6.18. The number of benzene rings is 1. The summed E-state index contributed by atoms with van der Waals surface area (Å²) in [5.74, 6) is -0.816. The smallest absolute Gasteiger partial charge is 0.273 e. The van der Waals surface area contributed by atoms with Crippen LogP contribution < -0.4 is 0 Å². The molecule has 108 valence electrons. The molecule has 1 aromatic heterocycles. The average molecular weight is 287 g/mol. The van der Waals surface area contributed by atoms with Crippen molar-refractivity contribution in [3.63, 3.8) is 0 Å². The minimum atomic E-state index is -0.547. The number of nitro benzene ring substituents is 1. The molecule has 21 heavy (non-hydrogen) atoms. The highest BCUT2D eigenvalue weighted by atomic mass is 16.6. The maximum Gasteiger partial charge on any atom is 0.273 e. The Morgan fingerprint density at radius 3 is 2.52 bits per heavy atom. The summed E-state index contributed by atoms with van der Waals surface area (Å²) in [6, 6.07) is 4.19. The second-order valence-electron chi connectivity index (χ2n) is 4.68. The van der Waals surface area contributed by atoms with Gasteiger partial charge in [0, 0.05) is 30.4 Å². The molecule has 0 radical (unpaired) electrons. The second-order valence-corrected chi connectivity index (χ2v) is 4.68. The van der Waals surface area contributed by atoms with Gasteiger partial charge in [-0.1, -0.05) is 12.1 Å². The predicted molar refractivity (Wildman–Crippen MR) is 74.3 cm³/mol. The number of carbonyl (C=O) groups is 2. The van der Waals surface area contributed by atoms with Gasteiger partial charge in [0.25, 0.3) is 5.69 Å². The third kappa shape index (κ3) is 3.19. The first-order chi connectivity index (χ1) is 9.88. The van der Waals surface area contributed by atoms with Crippen LogP contribution in [0.15, 0.2) is 30.6 Å². The average Bonchev–Trinajstić information content (AvgIpc) is 2.85. The summed E-state index contributed by atoms with van der Waals surface area (Å²) in [4.78, 5) is 34.3. The fraction of sp³-hybridized carbons (Fsp3) is 0.214. The molecule has 0 saturated carbocycles. The van der Waals surface area contributed by atoms with Crippen molar-refractivity contribution < 1.29 is 14.5 Å². The first kappa shape index (κ1) is 14.6. The largest absolute Gasteiger partial charge is 0.294 e. The fourth-order valence-corrected chi connectivity index (χ4v) is 1.89. The van der Waals surface area contributed by atoms with Gasteiger partial charge in [0.15, 0.2) is 11.6 Å². The van der Waals surface area contributed by atoms with Gasteiger partial charge in [-0.15, -0.1) is 0 Å². The van der Waals surface area contributed by atoms with E-state index in [1.807, 2.05) is 0 Å². The number of ketones is 2. The van der Waals surface area contributed by atoms with Crippen LogP contribution in [0.3, 0.4) is 0 Å². The highest BCUT2D eigenvalue weighted by molar-refractivity contribution is 6.13. The molecular weight excluding hydrogens is 274 g/mol. The van der Waals surface area contributed by atoms with Crippen LogP contribution in [-0.4, -0.2) is 26.3 Å². The van der Waals surface area contributed by atoms with Gasteiger partial charge >= 0.3 is 0 Å². The van der Waals surface area contributed by atoms with Gasteiger partial charge in [0.1, 0.15) is 0 Å². The van der Waals surface area contributed by atoms with Crippen molar-refractivity contribution in [2.45, 2.75) is 13.3 Å². The Morgan fingerprint density at radius 1 is 1.29 bits per heavy atom. The lowest BCUT2D eigenvalue weighted by Gasteiger charge is -2.02. The van der Waals surface area contributed by atoms with Crippen molar-refractivity contribution in [2.75, 3.05) is 0 Å². The van der Waals surface area contributed by atoms with Crippen LogP contribution in [0.2, 0.25) is 0 Å². The van der Waals surface area contributed by atoms with E-state index in [0.717, 1.165) is 0 Å². The Labute approximate surface area is 120 Å². The Morgan fingerprint density at radius 2 is 1.95 bits per heavy atom. The van der Waals surface area contributed by atoms with Gasteiger partial charge in [-0.05, 0) is 6.92 Å². The van der Waals surface area contributed by atoms with E-state index in [9.17, 15) is 19.7 Å². The molecule has 7 heteroatoms. The van der Waals surface area contributed by atoms with E-state index >= 15 is 0 Å². The molecule has 0 spiro atoms. The highest BCUT2D eigenvalue weighted by Crippen LogP contribution is 2.20. The first-order valence-electron chi connectivity index (χ1n) is 6.18. The summed E-state index contributed by atoms with van der Waals surface area (Å²) in [5, 5.41) is 14.7. The second kappa shape index (κ2) is 5.66. The van der Waals surface area contributed by atoms with Crippen LogP contribution in [-0.2, 0) is 7.05 Å². The third-order valence-electron chi connectivity index (χ3n) is 3.08. The third-order valence-corrected chi connectivity index (χ3v) is 3.08. The van der Waals surface area contributed by atoms with Gasteiger partial charge in [0.2, 0.25) is 0 Å². The zero-order valence-electron chi connectivity index (χ0n) is 11.6. The molecule has 0 atom stereocenters. The Bertz CT molecular complexity index is 734. The van der Waals surface area contributed by atoms with Gasteiger partial charge < -0.3 is 0 Å². The number of hydrogen-bond donors (Lipinski definition) is 0. The predicted octanol–water partition coefficient (Wildman–Crippen LogP) is 2.09. The molecule has 7 nitrogen and oxygen atoms in total. The zero-order chi connectivity index (χ0) is 15.6. The lowest BCUT2D eigenvalue weighted by atomic mass is 10.0. The Kier molecular flexibility index (Phi) is 3.93. The van der Waals surface area contributed by atoms with Crippen LogP contribution in [0, 0.1) is 17.0 Å². The molecule has 0 amide bonds. The van der Waals surface area contributed by atoms with Gasteiger partial charge in [-0.3, -0.25) is 24.4 Å². The maximum absolute atomic E-state index is 12.1. The molecule has 0 aliphatic carbocycles. The van der Waals surface area contributed by atoms with Crippen molar-refractivity contribution in [1.82, 2.24) is 9.78 Å². The number of aryl methyl sites for hydroxylation is 2. The number of carbonyl (C=O) groups excluding carboxylic acids is 2. The minimum absolute atomic E-state index is 0.130. The number of aromatic nitrogens is 2. The van der Waals surface area contributed by atoms with E-state index < -0.39 is 10.7 Å². The van der Waals surface area contributed by atoms with Gasteiger partial charge in [0.05, 0.1) is 23.1 Å². The maximum atomic E-state index is 12.1. The molecule has 2 aromatic rings. The molecule has 0 aliphatic heterocycles. The number of rotatable bonds is 5. The summed E-state index contributed by atoms with van der Waals surface area (Å²) in [5.41, 5.74) is 0.835. The lowest BCUT2D eigenvalue weighted by Crippen LogP contribution is -2.08. The zero-order valence-corrected chi connectivity index (χ0v) is 11.6. The number of nitrogens with zero attached hydrogens (tertiary/aromatic N) is 3. The summed E-state index contributed by atoms with van der Waals surface area (Å²) < 4.78 is 1.47. The molecule has 0 N–H and O–H groups in total. The topological polar surface area (TPSA) is 95.1 Å². The number of Topliss-reactive ketones (excluding diaryl/α,β-unsaturated/α-hetero) is 2. The molecular formula is C14H13N3O4. The van der Waals surface area contributed by atoms with Crippen LogP contribution in [0.1, 0.15) is 32.7 Å². The molecule has 2 rings (SSSR count). The number of hydrogen-bond acceptors (Lipinski definition) is 5. The standard InChI is InChI=1S/C14H13N3O4/c1-9-3-4-10(5-12(9)17(20)21)13(18)6-14(19)11-7-15-16(2)8-11/h3-5,7-8H,6H2,1-2H3. The number of nitro groups is 1. The molecule has 0 unspecified atom stereocenters.